The van der Waals surface area contributed by atoms with Gasteiger partial charge in [0.15, 0.2) is 0 Å². The number of nitrogens with one attached hydrogen (secondary N) is 1. The van der Waals surface area contributed by atoms with E-state index in [1.165, 1.54) is 18.4 Å². The van der Waals surface area contributed by atoms with Crippen LogP contribution in [0.1, 0.15) is 36.6 Å². The summed E-state index contributed by atoms with van der Waals surface area (Å²) in [6.45, 7) is 3.88. The van der Waals surface area contributed by atoms with E-state index in [0.717, 1.165) is 44.2 Å². The molecule has 1 N–H and O–H groups in total. The van der Waals surface area contributed by atoms with Gasteiger partial charge in [-0.2, -0.15) is 5.10 Å². The summed E-state index contributed by atoms with van der Waals surface area (Å²) < 4.78 is 7.82. The zero-order chi connectivity index (χ0) is 16.4. The van der Waals surface area contributed by atoms with Crippen molar-refractivity contribution in [2.24, 2.45) is 7.05 Å². The molecule has 0 unspecified atom stereocenters. The summed E-state index contributed by atoms with van der Waals surface area (Å²) in [5, 5.41) is 7.89. The van der Waals surface area contributed by atoms with Crippen LogP contribution in [-0.4, -0.2) is 40.5 Å². The van der Waals surface area contributed by atoms with E-state index in [4.69, 9.17) is 4.74 Å². The highest BCUT2D eigenvalue weighted by Gasteiger charge is 2.31. The third-order valence-electron chi connectivity index (χ3n) is 5.05. The fourth-order valence-corrected chi connectivity index (χ4v) is 3.66. The van der Waals surface area contributed by atoms with Crippen molar-refractivity contribution >= 4 is 5.82 Å². The Morgan fingerprint density at radius 3 is 2.83 bits per heavy atom. The van der Waals surface area contributed by atoms with E-state index in [2.05, 4.69) is 32.4 Å². The SMILES string of the molecule is Cn1nccc1[C@H]1OCC[C@@H]1NCc1ccc(N2CCCC2)nc1. The average molecular weight is 327 g/mol. The highest BCUT2D eigenvalue weighted by atomic mass is 16.5. The number of hydrogen-bond acceptors (Lipinski definition) is 5. The Kier molecular flexibility index (Phi) is 4.49. The van der Waals surface area contributed by atoms with E-state index in [1.807, 2.05) is 30.2 Å². The molecule has 2 aliphatic rings. The minimum absolute atomic E-state index is 0.0781. The highest BCUT2D eigenvalue weighted by Crippen LogP contribution is 2.29. The summed E-state index contributed by atoms with van der Waals surface area (Å²) in [7, 11) is 1.97. The van der Waals surface area contributed by atoms with Crippen LogP contribution in [0.4, 0.5) is 5.82 Å². The Bertz CT molecular complexity index is 662. The van der Waals surface area contributed by atoms with Crippen molar-refractivity contribution in [1.82, 2.24) is 20.1 Å². The van der Waals surface area contributed by atoms with Crippen molar-refractivity contribution in [2.45, 2.75) is 38.0 Å². The second-order valence-corrected chi connectivity index (χ2v) is 6.67. The molecule has 2 saturated heterocycles. The topological polar surface area (TPSA) is 55.2 Å². The maximum atomic E-state index is 5.92. The molecular formula is C18H25N5O. The molecule has 2 aliphatic heterocycles. The summed E-state index contributed by atoms with van der Waals surface area (Å²) in [6, 6.07) is 6.68. The third kappa shape index (κ3) is 3.16. The molecule has 0 saturated carbocycles. The van der Waals surface area contributed by atoms with Crippen molar-refractivity contribution in [3.63, 3.8) is 0 Å². The molecule has 2 fully saturated rings. The van der Waals surface area contributed by atoms with E-state index in [-0.39, 0.29) is 6.10 Å². The van der Waals surface area contributed by atoms with Crippen molar-refractivity contribution in [1.29, 1.82) is 0 Å². The van der Waals surface area contributed by atoms with Gasteiger partial charge < -0.3 is 15.0 Å². The highest BCUT2D eigenvalue weighted by molar-refractivity contribution is 5.40. The molecule has 6 nitrogen and oxygen atoms in total. The van der Waals surface area contributed by atoms with Gasteiger partial charge in [-0.15, -0.1) is 0 Å². The fourth-order valence-electron chi connectivity index (χ4n) is 3.66. The maximum absolute atomic E-state index is 5.92. The molecule has 4 heterocycles. The Morgan fingerprint density at radius 1 is 1.25 bits per heavy atom. The lowest BCUT2D eigenvalue weighted by atomic mass is 10.1. The molecule has 0 radical (unpaired) electrons. The predicted molar refractivity (Wildman–Crippen MR) is 92.8 cm³/mol. The van der Waals surface area contributed by atoms with Crippen LogP contribution in [0, 0.1) is 0 Å². The number of rotatable bonds is 5. The zero-order valence-corrected chi connectivity index (χ0v) is 14.2. The summed E-state index contributed by atoms with van der Waals surface area (Å²) in [5.74, 6) is 1.10. The van der Waals surface area contributed by atoms with Gasteiger partial charge in [-0.25, -0.2) is 4.98 Å². The summed E-state index contributed by atoms with van der Waals surface area (Å²) >= 11 is 0. The maximum Gasteiger partial charge on any atom is 0.128 e. The third-order valence-corrected chi connectivity index (χ3v) is 5.05. The van der Waals surface area contributed by atoms with Crippen molar-refractivity contribution < 1.29 is 4.74 Å². The smallest absolute Gasteiger partial charge is 0.128 e. The standard InChI is InChI=1S/C18H25N5O/c1-22-16(6-8-21-22)18-15(7-11-24-18)19-12-14-4-5-17(20-13-14)23-9-2-3-10-23/h4-6,8,13,15,18-19H,2-3,7,9-12H2,1H3/t15-,18-/m0/s1. The van der Waals surface area contributed by atoms with Crippen LogP contribution < -0.4 is 10.2 Å². The van der Waals surface area contributed by atoms with Crippen LogP contribution >= 0.6 is 0 Å². The Hall–Kier alpha value is -1.92. The van der Waals surface area contributed by atoms with Crippen LogP contribution in [0.25, 0.3) is 0 Å². The quantitative estimate of drug-likeness (QED) is 0.911. The summed E-state index contributed by atoms with van der Waals surface area (Å²) in [5.41, 5.74) is 2.35. The van der Waals surface area contributed by atoms with E-state index < -0.39 is 0 Å². The zero-order valence-electron chi connectivity index (χ0n) is 14.2. The molecule has 2 atom stereocenters. The summed E-state index contributed by atoms with van der Waals surface area (Å²) in [4.78, 5) is 6.99. The van der Waals surface area contributed by atoms with Gasteiger partial charge in [-0.1, -0.05) is 6.07 Å². The van der Waals surface area contributed by atoms with Gasteiger partial charge in [0.1, 0.15) is 11.9 Å². The molecule has 2 aromatic heterocycles. The number of pyridine rings is 1. The Labute approximate surface area is 142 Å². The van der Waals surface area contributed by atoms with Gasteiger partial charge in [0.05, 0.1) is 5.69 Å². The van der Waals surface area contributed by atoms with Crippen LogP contribution in [0.15, 0.2) is 30.6 Å². The van der Waals surface area contributed by atoms with Crippen molar-refractivity contribution in [2.75, 3.05) is 24.6 Å². The molecule has 24 heavy (non-hydrogen) atoms. The lowest BCUT2D eigenvalue weighted by Gasteiger charge is -2.20. The largest absolute Gasteiger partial charge is 0.370 e. The first-order valence-corrected chi connectivity index (χ1v) is 8.84. The van der Waals surface area contributed by atoms with Crippen LogP contribution in [0.2, 0.25) is 0 Å². The molecule has 6 heteroatoms. The molecule has 0 aliphatic carbocycles. The van der Waals surface area contributed by atoms with Gasteiger partial charge in [0.2, 0.25) is 0 Å². The average Bonchev–Trinajstić information content (AvgIpc) is 3.35. The van der Waals surface area contributed by atoms with E-state index in [9.17, 15) is 0 Å². The van der Waals surface area contributed by atoms with Gasteiger partial charge in [-0.3, -0.25) is 4.68 Å². The number of ether oxygens (including phenoxy) is 1. The van der Waals surface area contributed by atoms with Gasteiger partial charge >= 0.3 is 0 Å². The minimum Gasteiger partial charge on any atom is -0.370 e. The Morgan fingerprint density at radius 2 is 2.12 bits per heavy atom. The van der Waals surface area contributed by atoms with Crippen molar-refractivity contribution in [3.05, 3.63) is 41.9 Å². The number of anilines is 1. The monoisotopic (exact) mass is 327 g/mol. The Balaban J connectivity index is 1.36. The predicted octanol–water partition coefficient (Wildman–Crippen LogP) is 2.04. The van der Waals surface area contributed by atoms with Gasteiger partial charge in [-0.05, 0) is 37.0 Å². The molecule has 0 bridgehead atoms. The fraction of sp³-hybridized carbons (Fsp3) is 0.556. The number of nitrogens with zero attached hydrogens (tertiary/aromatic N) is 4. The normalized spacial score (nSPS) is 24.0. The number of aromatic nitrogens is 3. The molecule has 0 amide bonds. The lowest BCUT2D eigenvalue weighted by molar-refractivity contribution is 0.0919. The number of aryl methyl sites for hydroxylation is 1. The first kappa shape index (κ1) is 15.6. The van der Waals surface area contributed by atoms with Gasteiger partial charge in [0, 0.05) is 51.7 Å². The van der Waals surface area contributed by atoms with Crippen LogP contribution in [0.3, 0.4) is 0 Å². The van der Waals surface area contributed by atoms with E-state index in [0.29, 0.717) is 6.04 Å². The summed E-state index contributed by atoms with van der Waals surface area (Å²) in [6.07, 6.45) is 7.48. The van der Waals surface area contributed by atoms with Crippen LogP contribution in [0.5, 0.6) is 0 Å². The molecular weight excluding hydrogens is 302 g/mol. The molecule has 4 rings (SSSR count). The second-order valence-electron chi connectivity index (χ2n) is 6.67. The minimum atomic E-state index is 0.0781. The van der Waals surface area contributed by atoms with E-state index in [1.54, 1.807) is 0 Å². The van der Waals surface area contributed by atoms with E-state index >= 15 is 0 Å². The lowest BCUT2D eigenvalue weighted by Crippen LogP contribution is -2.32. The molecule has 128 valence electrons. The van der Waals surface area contributed by atoms with Crippen LogP contribution in [-0.2, 0) is 18.3 Å². The molecule has 2 aromatic rings. The molecule has 0 aromatic carbocycles. The van der Waals surface area contributed by atoms with Gasteiger partial charge in [0.25, 0.3) is 0 Å². The van der Waals surface area contributed by atoms with Crippen molar-refractivity contribution in [3.8, 4) is 0 Å². The number of hydrogen-bond donors (Lipinski definition) is 1. The first-order valence-electron chi connectivity index (χ1n) is 8.84. The first-order chi connectivity index (χ1) is 11.8. The second kappa shape index (κ2) is 6.91. The molecule has 0 spiro atoms.